The molecule has 0 saturated carbocycles. The maximum atomic E-state index is 5.63. The van der Waals surface area contributed by atoms with Gasteiger partial charge in [0, 0.05) is 6.61 Å². The fraction of sp³-hybridized carbons (Fsp3) is 0.818. The molecule has 0 bridgehead atoms. The van der Waals surface area contributed by atoms with Crippen LogP contribution in [0.5, 0.6) is 0 Å². The zero-order valence-corrected chi connectivity index (χ0v) is 10.9. The van der Waals surface area contributed by atoms with Crippen LogP contribution in [-0.4, -0.2) is 23.4 Å². The van der Waals surface area contributed by atoms with E-state index in [2.05, 4.69) is 41.7 Å². The molecule has 1 heterocycles. The van der Waals surface area contributed by atoms with E-state index in [1.54, 1.807) is 0 Å². The Morgan fingerprint density at radius 2 is 2.36 bits per heavy atom. The van der Waals surface area contributed by atoms with Crippen LogP contribution in [0.25, 0.3) is 0 Å². The molecule has 0 unspecified atom stereocenters. The highest BCUT2D eigenvalue weighted by Gasteiger charge is 2.23. The van der Waals surface area contributed by atoms with Crippen LogP contribution in [0.15, 0.2) is 12.2 Å². The van der Waals surface area contributed by atoms with Crippen LogP contribution in [0, 0.1) is 0 Å². The number of hydrogen-bond acceptors (Lipinski definition) is 2. The van der Waals surface area contributed by atoms with Crippen LogP contribution >= 0.6 is 22.6 Å². The normalized spacial score (nSPS) is 28.4. The van der Waals surface area contributed by atoms with Crippen molar-refractivity contribution in [2.24, 2.45) is 0 Å². The van der Waals surface area contributed by atoms with Gasteiger partial charge in [-0.05, 0) is 19.3 Å². The Hall–Kier alpha value is 0.390. The van der Waals surface area contributed by atoms with E-state index in [1.165, 1.54) is 19.3 Å². The number of allylic oxidation sites excluding steroid dienone is 1. The minimum atomic E-state index is 0.00984. The van der Waals surface area contributed by atoms with Gasteiger partial charge < -0.3 is 9.47 Å². The predicted octanol–water partition coefficient (Wildman–Crippen LogP) is 3.30. The van der Waals surface area contributed by atoms with Crippen molar-refractivity contribution < 1.29 is 9.47 Å². The van der Waals surface area contributed by atoms with Crippen LogP contribution in [-0.2, 0) is 9.47 Å². The molecule has 0 spiro atoms. The van der Waals surface area contributed by atoms with Crippen molar-refractivity contribution in [1.82, 2.24) is 0 Å². The summed E-state index contributed by atoms with van der Waals surface area (Å²) in [4.78, 5) is 0. The smallest absolute Gasteiger partial charge is 0.169 e. The number of unbranched alkanes of at least 4 members (excludes halogenated alkanes) is 1. The van der Waals surface area contributed by atoms with Gasteiger partial charge in [-0.3, -0.25) is 0 Å². The minimum absolute atomic E-state index is 0.00984. The Morgan fingerprint density at radius 3 is 3.07 bits per heavy atom. The predicted molar refractivity (Wildman–Crippen MR) is 66.8 cm³/mol. The second-order valence-electron chi connectivity index (χ2n) is 3.49. The number of halogens is 1. The van der Waals surface area contributed by atoms with Crippen LogP contribution < -0.4 is 0 Å². The van der Waals surface area contributed by atoms with Crippen molar-refractivity contribution in [2.75, 3.05) is 13.2 Å². The second-order valence-corrected chi connectivity index (χ2v) is 5.09. The van der Waals surface area contributed by atoms with Gasteiger partial charge in [0.25, 0.3) is 0 Å². The fourth-order valence-corrected chi connectivity index (χ4v) is 2.23. The van der Waals surface area contributed by atoms with E-state index in [0.29, 0.717) is 10.5 Å². The lowest BCUT2D eigenvalue weighted by Crippen LogP contribution is -2.32. The highest BCUT2D eigenvalue weighted by Crippen LogP contribution is 2.22. The molecule has 1 saturated heterocycles. The summed E-state index contributed by atoms with van der Waals surface area (Å²) in [6, 6.07) is 0. The van der Waals surface area contributed by atoms with Crippen molar-refractivity contribution in [2.45, 2.75) is 42.8 Å². The van der Waals surface area contributed by atoms with Crippen molar-refractivity contribution in [3.63, 3.8) is 0 Å². The molecule has 3 heteroatoms. The van der Waals surface area contributed by atoms with Gasteiger partial charge >= 0.3 is 0 Å². The number of rotatable bonds is 5. The topological polar surface area (TPSA) is 18.5 Å². The van der Waals surface area contributed by atoms with Gasteiger partial charge in [-0.15, -0.1) is 0 Å². The lowest BCUT2D eigenvalue weighted by atomic mass is 10.2. The molecule has 0 N–H and O–H groups in total. The average Bonchev–Trinajstić information content (AvgIpc) is 2.20. The van der Waals surface area contributed by atoms with Crippen LogP contribution in [0.3, 0.4) is 0 Å². The lowest BCUT2D eigenvalue weighted by Gasteiger charge is -2.27. The average molecular weight is 310 g/mol. The van der Waals surface area contributed by atoms with E-state index in [9.17, 15) is 0 Å². The summed E-state index contributed by atoms with van der Waals surface area (Å²) in [5.41, 5.74) is 0. The van der Waals surface area contributed by atoms with E-state index in [0.717, 1.165) is 13.0 Å². The molecule has 2 atom stereocenters. The van der Waals surface area contributed by atoms with Crippen molar-refractivity contribution in [1.29, 1.82) is 0 Å². The highest BCUT2D eigenvalue weighted by molar-refractivity contribution is 14.1. The van der Waals surface area contributed by atoms with Crippen LogP contribution in [0.4, 0.5) is 0 Å². The monoisotopic (exact) mass is 310 g/mol. The highest BCUT2D eigenvalue weighted by atomic mass is 127. The van der Waals surface area contributed by atoms with Gasteiger partial charge in [-0.1, -0.05) is 48.1 Å². The number of ether oxygens (including phenoxy) is 2. The molecule has 0 radical (unpaired) electrons. The Morgan fingerprint density at radius 1 is 1.50 bits per heavy atom. The quantitative estimate of drug-likeness (QED) is 0.441. The van der Waals surface area contributed by atoms with Gasteiger partial charge in [0.2, 0.25) is 0 Å². The SMILES string of the molecule is CCC/C=C/CO[C@@H]1OCCC[C@H]1I. The Kier molecular flexibility index (Phi) is 6.81. The summed E-state index contributed by atoms with van der Waals surface area (Å²) in [6.45, 7) is 3.71. The standard InChI is InChI=1S/C11H19IO2/c1-2-3-4-5-8-13-11-10(12)7-6-9-14-11/h4-5,10-11H,2-3,6-9H2,1H3/b5-4+/t10-,11-/m1/s1. The minimum Gasteiger partial charge on any atom is -0.352 e. The molecule has 82 valence electrons. The van der Waals surface area contributed by atoms with Gasteiger partial charge in [-0.2, -0.15) is 0 Å². The van der Waals surface area contributed by atoms with Crippen LogP contribution in [0.2, 0.25) is 0 Å². The van der Waals surface area contributed by atoms with E-state index in [-0.39, 0.29) is 6.29 Å². The van der Waals surface area contributed by atoms with Crippen molar-refractivity contribution in [3.05, 3.63) is 12.2 Å². The third kappa shape index (κ3) is 4.75. The Bertz CT molecular complexity index is 171. The fourth-order valence-electron chi connectivity index (χ4n) is 1.37. The van der Waals surface area contributed by atoms with Gasteiger partial charge in [-0.25, -0.2) is 0 Å². The third-order valence-electron chi connectivity index (χ3n) is 2.18. The molecule has 0 amide bonds. The summed E-state index contributed by atoms with van der Waals surface area (Å²) in [7, 11) is 0. The second kappa shape index (κ2) is 7.65. The first-order chi connectivity index (χ1) is 6.84. The first kappa shape index (κ1) is 12.5. The van der Waals surface area contributed by atoms with Gasteiger partial charge in [0.1, 0.15) is 0 Å². The van der Waals surface area contributed by atoms with E-state index in [1.807, 2.05) is 0 Å². The molecule has 0 aliphatic carbocycles. The molecule has 1 rings (SSSR count). The summed E-state index contributed by atoms with van der Waals surface area (Å²) in [6.07, 6.45) is 8.99. The third-order valence-corrected chi connectivity index (χ3v) is 3.39. The molecule has 1 fully saturated rings. The maximum Gasteiger partial charge on any atom is 0.169 e. The van der Waals surface area contributed by atoms with Crippen molar-refractivity contribution in [3.8, 4) is 0 Å². The summed E-state index contributed by atoms with van der Waals surface area (Å²) in [5, 5.41) is 0. The Balaban J connectivity index is 2.10. The van der Waals surface area contributed by atoms with Gasteiger partial charge in [0.05, 0.1) is 10.5 Å². The van der Waals surface area contributed by atoms with Gasteiger partial charge in [0.15, 0.2) is 6.29 Å². The van der Waals surface area contributed by atoms with E-state index in [4.69, 9.17) is 9.47 Å². The molecular formula is C11H19IO2. The number of alkyl halides is 1. The Labute approximate surface area is 100 Å². The molecule has 1 aliphatic heterocycles. The first-order valence-corrected chi connectivity index (χ1v) is 6.61. The molecule has 0 aromatic carbocycles. The maximum absolute atomic E-state index is 5.63. The van der Waals surface area contributed by atoms with Crippen molar-refractivity contribution >= 4 is 22.6 Å². The number of hydrogen-bond donors (Lipinski definition) is 0. The molecule has 2 nitrogen and oxygen atoms in total. The largest absolute Gasteiger partial charge is 0.352 e. The lowest BCUT2D eigenvalue weighted by molar-refractivity contribution is -0.148. The molecular weight excluding hydrogens is 291 g/mol. The molecule has 0 aromatic heterocycles. The zero-order chi connectivity index (χ0) is 10.2. The van der Waals surface area contributed by atoms with E-state index < -0.39 is 0 Å². The molecule has 1 aliphatic rings. The first-order valence-electron chi connectivity index (χ1n) is 5.37. The molecule has 0 aromatic rings. The molecule has 14 heavy (non-hydrogen) atoms. The summed E-state index contributed by atoms with van der Waals surface area (Å²) < 4.78 is 11.7. The van der Waals surface area contributed by atoms with E-state index >= 15 is 0 Å². The summed E-state index contributed by atoms with van der Waals surface area (Å²) in [5.74, 6) is 0. The zero-order valence-electron chi connectivity index (χ0n) is 8.75. The van der Waals surface area contributed by atoms with Crippen LogP contribution in [0.1, 0.15) is 32.6 Å². The summed E-state index contributed by atoms with van der Waals surface area (Å²) >= 11 is 2.41.